The van der Waals surface area contributed by atoms with Crippen LogP contribution >= 0.6 is 0 Å². The van der Waals surface area contributed by atoms with Crippen LogP contribution in [-0.4, -0.2) is 46.1 Å². The lowest BCUT2D eigenvalue weighted by molar-refractivity contribution is -0.137. The Morgan fingerprint density at radius 1 is 1.15 bits per heavy atom. The van der Waals surface area contributed by atoms with Gasteiger partial charge < -0.3 is 30.2 Å². The quantitative estimate of drug-likeness (QED) is 0.214. The van der Waals surface area contributed by atoms with Gasteiger partial charge in [0.25, 0.3) is 11.5 Å². The van der Waals surface area contributed by atoms with E-state index in [-0.39, 0.29) is 37.3 Å². The minimum atomic E-state index is -1.05. The van der Waals surface area contributed by atoms with Crippen molar-refractivity contribution in [2.75, 3.05) is 11.9 Å². The molecule has 0 saturated heterocycles. The molecule has 3 aromatic rings. The average Bonchev–Trinajstić information content (AvgIpc) is 3.37. The van der Waals surface area contributed by atoms with Crippen LogP contribution in [0.1, 0.15) is 47.6 Å². The van der Waals surface area contributed by atoms with E-state index in [2.05, 4.69) is 15.8 Å². The van der Waals surface area contributed by atoms with Gasteiger partial charge in [-0.25, -0.2) is 4.79 Å². The monoisotopic (exact) mass is 549 g/mol. The van der Waals surface area contributed by atoms with Gasteiger partial charge in [0.05, 0.1) is 6.61 Å². The molecular weight excluding hydrogens is 518 g/mol. The van der Waals surface area contributed by atoms with Gasteiger partial charge in [0.1, 0.15) is 17.5 Å². The molecule has 0 radical (unpaired) electrons. The van der Waals surface area contributed by atoms with Crippen molar-refractivity contribution < 1.29 is 28.4 Å². The number of rotatable bonds is 13. The summed E-state index contributed by atoms with van der Waals surface area (Å²) >= 11 is 0. The number of nitrogens with one attached hydrogen (secondary N) is 2. The number of carbonyl (C=O) groups is 4. The number of esters is 1. The third-order valence-corrected chi connectivity index (χ3v) is 5.77. The summed E-state index contributed by atoms with van der Waals surface area (Å²) < 4.78 is 11.0. The Kier molecular flexibility index (Phi) is 10.5. The van der Waals surface area contributed by atoms with E-state index in [0.717, 1.165) is 11.6 Å². The van der Waals surface area contributed by atoms with Gasteiger partial charge in [-0.3, -0.25) is 19.2 Å². The first-order valence-electron chi connectivity index (χ1n) is 12.6. The zero-order chi connectivity index (χ0) is 29.1. The van der Waals surface area contributed by atoms with Crippen molar-refractivity contribution in [1.29, 1.82) is 0 Å². The first-order valence-corrected chi connectivity index (χ1v) is 12.6. The number of pyridine rings is 1. The van der Waals surface area contributed by atoms with Gasteiger partial charge in [-0.05, 0) is 38.0 Å². The zero-order valence-electron chi connectivity index (χ0n) is 22.2. The van der Waals surface area contributed by atoms with Crippen molar-refractivity contribution in [2.24, 2.45) is 5.73 Å². The first kappa shape index (κ1) is 29.6. The molecule has 2 atom stereocenters. The van der Waals surface area contributed by atoms with Crippen molar-refractivity contribution in [3.8, 4) is 0 Å². The van der Waals surface area contributed by atoms with Crippen LogP contribution in [0.4, 0.5) is 5.69 Å². The van der Waals surface area contributed by atoms with Crippen LogP contribution in [0.3, 0.4) is 0 Å². The van der Waals surface area contributed by atoms with E-state index >= 15 is 0 Å². The molecule has 3 amide bonds. The highest BCUT2D eigenvalue weighted by Crippen LogP contribution is 2.16. The minimum Gasteiger partial charge on any atom is -0.463 e. The fourth-order valence-electron chi connectivity index (χ4n) is 3.84. The number of hydrogen-bond acceptors (Lipinski definition) is 8. The van der Waals surface area contributed by atoms with Gasteiger partial charge >= 0.3 is 5.97 Å². The predicted octanol–water partition coefficient (Wildman–Crippen LogP) is 2.05. The van der Waals surface area contributed by atoms with E-state index in [1.807, 2.05) is 18.2 Å². The maximum absolute atomic E-state index is 13.6. The summed E-state index contributed by atoms with van der Waals surface area (Å²) in [7, 11) is 0. The molecule has 12 nitrogen and oxygen atoms in total. The molecule has 0 aliphatic rings. The van der Waals surface area contributed by atoms with Crippen molar-refractivity contribution in [1.82, 2.24) is 15.0 Å². The van der Waals surface area contributed by atoms with E-state index < -0.39 is 41.3 Å². The number of aromatic nitrogens is 2. The van der Waals surface area contributed by atoms with Crippen LogP contribution in [0.15, 0.2) is 76.2 Å². The second kappa shape index (κ2) is 14.2. The third-order valence-electron chi connectivity index (χ3n) is 5.77. The molecule has 0 fully saturated rings. The molecule has 12 heteroatoms. The smallest absolute Gasteiger partial charge is 0.330 e. The van der Waals surface area contributed by atoms with Gasteiger partial charge in [-0.15, -0.1) is 0 Å². The number of carbonyl (C=O) groups excluding carboxylic acids is 4. The highest BCUT2D eigenvalue weighted by atomic mass is 16.5. The Morgan fingerprint density at radius 3 is 2.55 bits per heavy atom. The summed E-state index contributed by atoms with van der Waals surface area (Å²) in [5.74, 6) is -1.95. The number of aryl methyl sites for hydroxylation is 1. The van der Waals surface area contributed by atoms with Crippen molar-refractivity contribution in [2.45, 2.75) is 45.2 Å². The van der Waals surface area contributed by atoms with Gasteiger partial charge in [-0.1, -0.05) is 41.6 Å². The number of benzene rings is 1. The number of amides is 3. The lowest BCUT2D eigenvalue weighted by atomic mass is 10.0. The summed E-state index contributed by atoms with van der Waals surface area (Å²) in [6.07, 6.45) is 4.23. The molecule has 210 valence electrons. The Bertz CT molecular complexity index is 1430. The molecule has 0 aliphatic carbocycles. The topological polar surface area (TPSA) is 176 Å². The van der Waals surface area contributed by atoms with Gasteiger partial charge in [-0.2, -0.15) is 0 Å². The number of primary amides is 1. The molecule has 0 bridgehead atoms. The van der Waals surface area contributed by atoms with Gasteiger partial charge in [0.2, 0.25) is 11.8 Å². The molecule has 0 spiro atoms. The van der Waals surface area contributed by atoms with Gasteiger partial charge in [0.15, 0.2) is 5.69 Å². The molecule has 0 aliphatic heterocycles. The largest absolute Gasteiger partial charge is 0.463 e. The Hall–Kier alpha value is -5.00. The predicted molar refractivity (Wildman–Crippen MR) is 145 cm³/mol. The number of nitrogens with two attached hydrogens (primary N) is 1. The molecule has 2 heterocycles. The Balaban J connectivity index is 1.92. The van der Waals surface area contributed by atoms with Crippen molar-refractivity contribution in [3.63, 3.8) is 0 Å². The molecule has 2 unspecified atom stereocenters. The van der Waals surface area contributed by atoms with Crippen LogP contribution in [0, 0.1) is 6.92 Å². The summed E-state index contributed by atoms with van der Waals surface area (Å²) in [6.45, 7) is 3.46. The number of nitrogens with zero attached hydrogens (tertiary/aromatic N) is 2. The highest BCUT2D eigenvalue weighted by molar-refractivity contribution is 6.02. The summed E-state index contributed by atoms with van der Waals surface area (Å²) in [6, 6.07) is 11.6. The van der Waals surface area contributed by atoms with Crippen molar-refractivity contribution >= 4 is 29.4 Å². The van der Waals surface area contributed by atoms with Crippen LogP contribution in [0.5, 0.6) is 0 Å². The van der Waals surface area contributed by atoms with Crippen LogP contribution in [-0.2, 0) is 25.5 Å². The second-order valence-electron chi connectivity index (χ2n) is 8.85. The molecule has 3 rings (SSSR count). The van der Waals surface area contributed by atoms with E-state index in [0.29, 0.717) is 5.76 Å². The Labute approximate surface area is 230 Å². The summed E-state index contributed by atoms with van der Waals surface area (Å²) in [5.41, 5.74) is 5.38. The maximum Gasteiger partial charge on any atom is 0.330 e. The molecule has 0 saturated carbocycles. The molecule has 2 aromatic heterocycles. The molecule has 1 aromatic carbocycles. The fourth-order valence-corrected chi connectivity index (χ4v) is 3.84. The van der Waals surface area contributed by atoms with Crippen LogP contribution in [0.25, 0.3) is 0 Å². The first-order chi connectivity index (χ1) is 19.2. The summed E-state index contributed by atoms with van der Waals surface area (Å²) in [5, 5.41) is 8.96. The summed E-state index contributed by atoms with van der Waals surface area (Å²) in [4.78, 5) is 62.9. The second-order valence-corrected chi connectivity index (χ2v) is 8.85. The number of ether oxygens (including phenoxy) is 1. The lowest BCUT2D eigenvalue weighted by Crippen LogP contribution is -2.43. The Morgan fingerprint density at radius 2 is 1.90 bits per heavy atom. The lowest BCUT2D eigenvalue weighted by Gasteiger charge is -2.23. The standard InChI is InChI=1S/C28H31N5O7/c1-3-39-25(35)14-12-20(11-13-24(29)34)30-27(37)23(17-19-8-5-4-6-9-19)33-15-7-10-21(28(33)38)31-26(36)22-16-18(2)40-32-22/h4-10,12,14-16,20,23H,3,11,13,17H2,1-2H3,(H2,29,34)(H,30,37)(H,31,36). The number of hydrogen-bond donors (Lipinski definition) is 3. The highest BCUT2D eigenvalue weighted by Gasteiger charge is 2.25. The molecule has 40 heavy (non-hydrogen) atoms. The molecule has 4 N–H and O–H groups in total. The molecular formula is C28H31N5O7. The van der Waals surface area contributed by atoms with Crippen LogP contribution < -0.4 is 21.9 Å². The van der Waals surface area contributed by atoms with E-state index in [4.69, 9.17) is 15.0 Å². The third kappa shape index (κ3) is 8.51. The van der Waals surface area contributed by atoms with E-state index in [1.54, 1.807) is 26.0 Å². The van der Waals surface area contributed by atoms with Gasteiger partial charge in [0, 0.05) is 37.2 Å². The average molecular weight is 550 g/mol. The SMILES string of the molecule is CCOC(=O)C=CC(CCC(N)=O)NC(=O)C(Cc1ccccc1)n1cccc(NC(=O)c2cc(C)on2)c1=O. The minimum absolute atomic E-state index is 0.00318. The van der Waals surface area contributed by atoms with Crippen LogP contribution in [0.2, 0.25) is 0 Å². The van der Waals surface area contributed by atoms with E-state index in [1.165, 1.54) is 35.0 Å². The maximum atomic E-state index is 13.6. The normalized spacial score (nSPS) is 12.4. The van der Waals surface area contributed by atoms with E-state index in [9.17, 15) is 24.0 Å². The zero-order valence-corrected chi connectivity index (χ0v) is 22.2. The number of anilines is 1. The van der Waals surface area contributed by atoms with Crippen molar-refractivity contribution in [3.05, 3.63) is 94.3 Å². The fraction of sp³-hybridized carbons (Fsp3) is 0.286.